The molecule has 1 atom stereocenters. The summed E-state index contributed by atoms with van der Waals surface area (Å²) in [4.78, 5) is 0. The third kappa shape index (κ3) is 3.07. The molecule has 2 aromatic rings. The molecule has 0 saturated heterocycles. The lowest BCUT2D eigenvalue weighted by molar-refractivity contribution is 0.257. The molecule has 0 saturated carbocycles. The highest BCUT2D eigenvalue weighted by Crippen LogP contribution is 2.17. The van der Waals surface area contributed by atoms with E-state index < -0.39 is 0 Å². The molecule has 0 aliphatic carbocycles. The molecule has 5 nitrogen and oxygen atoms in total. The van der Waals surface area contributed by atoms with Gasteiger partial charge in [0, 0.05) is 0 Å². The van der Waals surface area contributed by atoms with Gasteiger partial charge in [-0.3, -0.25) is 0 Å². The number of nitrogens with two attached hydrogens (primary N) is 1. The summed E-state index contributed by atoms with van der Waals surface area (Å²) in [6.45, 7) is 6.10. The Kier molecular flexibility index (Phi) is 3.62. The molecule has 18 heavy (non-hydrogen) atoms. The Morgan fingerprint density at radius 2 is 1.89 bits per heavy atom. The number of benzene rings is 1. The fourth-order valence-corrected chi connectivity index (χ4v) is 1.67. The maximum atomic E-state index is 5.64. The first-order valence-electron chi connectivity index (χ1n) is 5.83. The van der Waals surface area contributed by atoms with Crippen LogP contribution in [-0.4, -0.2) is 10.2 Å². The van der Waals surface area contributed by atoms with Crippen LogP contribution in [0.5, 0.6) is 5.75 Å². The molecular weight excluding hydrogens is 230 g/mol. The summed E-state index contributed by atoms with van der Waals surface area (Å²) in [6, 6.07) is 5.77. The second-order valence-electron chi connectivity index (χ2n) is 4.43. The smallest absolute Gasteiger partial charge is 0.253 e. The highest BCUT2D eigenvalue weighted by Gasteiger charge is 2.10. The average Bonchev–Trinajstić information content (AvgIpc) is 2.73. The van der Waals surface area contributed by atoms with E-state index in [2.05, 4.69) is 16.3 Å². The van der Waals surface area contributed by atoms with Crippen LogP contribution >= 0.6 is 0 Å². The topological polar surface area (TPSA) is 74.2 Å². The van der Waals surface area contributed by atoms with Crippen molar-refractivity contribution in [3.05, 3.63) is 41.1 Å². The van der Waals surface area contributed by atoms with Crippen molar-refractivity contribution in [2.75, 3.05) is 0 Å². The molecule has 96 valence electrons. The second-order valence-corrected chi connectivity index (χ2v) is 4.43. The van der Waals surface area contributed by atoms with E-state index in [4.69, 9.17) is 14.9 Å². The van der Waals surface area contributed by atoms with Crippen LogP contribution in [0.4, 0.5) is 0 Å². The summed E-state index contributed by atoms with van der Waals surface area (Å²) in [5.41, 5.74) is 7.96. The summed E-state index contributed by atoms with van der Waals surface area (Å²) < 4.78 is 11.0. The zero-order valence-electron chi connectivity index (χ0n) is 10.8. The van der Waals surface area contributed by atoms with Crippen molar-refractivity contribution in [1.82, 2.24) is 10.2 Å². The minimum Gasteiger partial charge on any atom is -0.484 e. The zero-order valence-corrected chi connectivity index (χ0v) is 10.8. The van der Waals surface area contributed by atoms with Crippen LogP contribution in [0.1, 0.15) is 35.9 Å². The Labute approximate surface area is 106 Å². The molecule has 0 aliphatic rings. The molecule has 0 bridgehead atoms. The van der Waals surface area contributed by atoms with E-state index in [-0.39, 0.29) is 12.6 Å². The molecule has 2 N–H and O–H groups in total. The van der Waals surface area contributed by atoms with Crippen molar-refractivity contribution in [3.8, 4) is 5.75 Å². The number of rotatable bonds is 4. The van der Waals surface area contributed by atoms with Gasteiger partial charge < -0.3 is 14.9 Å². The van der Waals surface area contributed by atoms with Crippen LogP contribution < -0.4 is 10.5 Å². The van der Waals surface area contributed by atoms with Gasteiger partial charge in [0.1, 0.15) is 5.75 Å². The molecule has 0 aliphatic heterocycles. The van der Waals surface area contributed by atoms with Crippen LogP contribution in [0.25, 0.3) is 0 Å². The minimum absolute atomic E-state index is 0.253. The Hall–Kier alpha value is -1.88. The van der Waals surface area contributed by atoms with Gasteiger partial charge in [0.15, 0.2) is 6.61 Å². The van der Waals surface area contributed by atoms with Gasteiger partial charge in [-0.25, -0.2) is 0 Å². The van der Waals surface area contributed by atoms with Crippen LogP contribution in [0, 0.1) is 13.8 Å². The first kappa shape index (κ1) is 12.6. The Morgan fingerprint density at radius 3 is 2.44 bits per heavy atom. The first-order chi connectivity index (χ1) is 8.54. The predicted molar refractivity (Wildman–Crippen MR) is 67.1 cm³/mol. The maximum absolute atomic E-state index is 5.64. The molecule has 1 aromatic heterocycles. The Balaban J connectivity index is 2.02. The molecule has 1 heterocycles. The van der Waals surface area contributed by atoms with Crippen molar-refractivity contribution < 1.29 is 9.15 Å². The average molecular weight is 247 g/mol. The van der Waals surface area contributed by atoms with Crippen molar-refractivity contribution in [2.24, 2.45) is 5.73 Å². The van der Waals surface area contributed by atoms with Crippen molar-refractivity contribution in [3.63, 3.8) is 0 Å². The normalized spacial score (nSPS) is 12.4. The maximum Gasteiger partial charge on any atom is 0.253 e. The van der Waals surface area contributed by atoms with Gasteiger partial charge in [0.25, 0.3) is 5.89 Å². The molecule has 2 rings (SSSR count). The Bertz CT molecular complexity index is 515. The fourth-order valence-electron chi connectivity index (χ4n) is 1.67. The van der Waals surface area contributed by atoms with Gasteiger partial charge in [0.2, 0.25) is 5.89 Å². The monoisotopic (exact) mass is 247 g/mol. The van der Waals surface area contributed by atoms with Crippen molar-refractivity contribution in [1.29, 1.82) is 0 Å². The largest absolute Gasteiger partial charge is 0.484 e. The fraction of sp³-hybridized carbons (Fsp3) is 0.385. The number of nitrogens with zero attached hydrogens (tertiary/aromatic N) is 2. The Morgan fingerprint density at radius 1 is 1.22 bits per heavy atom. The van der Waals surface area contributed by atoms with E-state index in [0.717, 1.165) is 16.9 Å². The molecular formula is C13H17N3O2. The van der Waals surface area contributed by atoms with E-state index in [1.807, 2.05) is 26.0 Å². The van der Waals surface area contributed by atoms with Gasteiger partial charge >= 0.3 is 0 Å². The summed E-state index contributed by atoms with van der Waals surface area (Å²) >= 11 is 0. The number of ether oxygens (including phenoxy) is 1. The third-order valence-corrected chi connectivity index (χ3v) is 2.43. The van der Waals surface area contributed by atoms with Gasteiger partial charge in [-0.1, -0.05) is 6.07 Å². The van der Waals surface area contributed by atoms with Crippen LogP contribution in [0.15, 0.2) is 22.6 Å². The van der Waals surface area contributed by atoms with Gasteiger partial charge in [-0.15, -0.1) is 10.2 Å². The summed E-state index contributed by atoms with van der Waals surface area (Å²) in [5, 5.41) is 7.72. The number of aryl methyl sites for hydroxylation is 2. The second kappa shape index (κ2) is 5.18. The van der Waals surface area contributed by atoms with Gasteiger partial charge in [-0.2, -0.15) is 0 Å². The van der Waals surface area contributed by atoms with E-state index in [1.165, 1.54) is 0 Å². The van der Waals surface area contributed by atoms with Gasteiger partial charge in [-0.05, 0) is 44.0 Å². The third-order valence-electron chi connectivity index (χ3n) is 2.43. The minimum atomic E-state index is -0.257. The first-order valence-corrected chi connectivity index (χ1v) is 5.83. The van der Waals surface area contributed by atoms with Crippen molar-refractivity contribution >= 4 is 0 Å². The van der Waals surface area contributed by atoms with Crippen LogP contribution in [0.3, 0.4) is 0 Å². The lowest BCUT2D eigenvalue weighted by atomic mass is 10.1. The molecule has 1 unspecified atom stereocenters. The molecule has 5 heteroatoms. The predicted octanol–water partition coefficient (Wildman–Crippen LogP) is 2.29. The lowest BCUT2D eigenvalue weighted by Crippen LogP contribution is -2.04. The van der Waals surface area contributed by atoms with Crippen molar-refractivity contribution in [2.45, 2.75) is 33.4 Å². The highest BCUT2D eigenvalue weighted by molar-refractivity contribution is 5.32. The highest BCUT2D eigenvalue weighted by atomic mass is 16.5. The van der Waals surface area contributed by atoms with Gasteiger partial charge in [0.05, 0.1) is 6.04 Å². The lowest BCUT2D eigenvalue weighted by Gasteiger charge is -2.05. The molecule has 0 spiro atoms. The number of aromatic nitrogens is 2. The summed E-state index contributed by atoms with van der Waals surface area (Å²) in [7, 11) is 0. The summed E-state index contributed by atoms with van der Waals surface area (Å²) in [5.74, 6) is 1.66. The molecule has 0 radical (unpaired) electrons. The van der Waals surface area contributed by atoms with E-state index in [9.17, 15) is 0 Å². The SMILES string of the molecule is Cc1cc(C)cc(OCc2nnc(C(C)N)o2)c1. The molecule has 1 aromatic carbocycles. The quantitative estimate of drug-likeness (QED) is 0.897. The molecule has 0 fully saturated rings. The summed E-state index contributed by atoms with van der Waals surface area (Å²) in [6.07, 6.45) is 0. The van der Waals surface area contributed by atoms with E-state index >= 15 is 0 Å². The zero-order chi connectivity index (χ0) is 13.1. The number of hydrogen-bond donors (Lipinski definition) is 1. The standard InChI is InChI=1S/C13H17N3O2/c1-8-4-9(2)6-11(5-8)17-7-12-15-16-13(18-12)10(3)14/h4-6,10H,7,14H2,1-3H3. The molecule has 0 amide bonds. The van der Waals surface area contributed by atoms with Crippen LogP contribution in [-0.2, 0) is 6.61 Å². The van der Waals surface area contributed by atoms with E-state index in [0.29, 0.717) is 11.8 Å². The van der Waals surface area contributed by atoms with E-state index in [1.54, 1.807) is 6.92 Å². The van der Waals surface area contributed by atoms with Crippen LogP contribution in [0.2, 0.25) is 0 Å². The number of hydrogen-bond acceptors (Lipinski definition) is 5.